The number of aromatic nitrogens is 1. The maximum atomic E-state index is 13.6. The number of hydrogen-bond acceptors (Lipinski definition) is 6. The number of carbonyl (C=O) groups is 3. The summed E-state index contributed by atoms with van der Waals surface area (Å²) in [5, 5.41) is 4.30. The molecule has 0 aliphatic heterocycles. The summed E-state index contributed by atoms with van der Waals surface area (Å²) >= 11 is 0.0439. The molecular formula is C23H14F9N5O3S. The van der Waals surface area contributed by atoms with Crippen LogP contribution in [0.1, 0.15) is 42.4 Å². The molecule has 0 spiro atoms. The van der Waals surface area contributed by atoms with Gasteiger partial charge in [-0.05, 0) is 30.3 Å². The van der Waals surface area contributed by atoms with Gasteiger partial charge in [-0.15, -0.1) is 0 Å². The highest BCUT2D eigenvalue weighted by Gasteiger charge is 2.41. The zero-order valence-corrected chi connectivity index (χ0v) is 20.9. The molecule has 0 radical (unpaired) electrons. The lowest BCUT2D eigenvalue weighted by Crippen LogP contribution is -2.40. The molecule has 0 saturated carbocycles. The Bertz CT molecular complexity index is 1480. The normalized spacial score (nSPS) is 12.3. The third-order valence-electron chi connectivity index (χ3n) is 5.01. The molecule has 0 aliphatic carbocycles. The van der Waals surface area contributed by atoms with Crippen LogP contribution in [0.15, 0.2) is 53.6 Å². The summed E-state index contributed by atoms with van der Waals surface area (Å²) in [4.78, 5) is 39.6. The van der Waals surface area contributed by atoms with Gasteiger partial charge >= 0.3 is 24.6 Å². The summed E-state index contributed by atoms with van der Waals surface area (Å²) in [6, 6.07) is 5.41. The number of rotatable bonds is 5. The van der Waals surface area contributed by atoms with Crippen LogP contribution in [-0.4, -0.2) is 36.1 Å². The van der Waals surface area contributed by atoms with E-state index in [2.05, 4.69) is 10.1 Å². The summed E-state index contributed by atoms with van der Waals surface area (Å²) in [6.45, 7) is 0. The van der Waals surface area contributed by atoms with Crippen molar-refractivity contribution < 1.29 is 53.9 Å². The second-order valence-corrected chi connectivity index (χ2v) is 8.83. The molecule has 0 bridgehead atoms. The average Bonchev–Trinajstić information content (AvgIpc) is 3.34. The van der Waals surface area contributed by atoms with Gasteiger partial charge in [0.1, 0.15) is 4.88 Å². The number of alkyl halides is 9. The standard InChI is InChI=1S/C23H14F9N5O3S/c1-37(19(40)35-17(38)11-6-8-13(9-7-11)21(24,25)26)20-34-16(23(30,31)32)15(41-20)18(39)36-33-10-12-4-2-3-5-14(12)22(27,28)29/h2-10H,1H3,(H,36,39)(H,35,38,40)/b33-10+. The Morgan fingerprint density at radius 3 is 2.02 bits per heavy atom. The predicted molar refractivity (Wildman–Crippen MR) is 126 cm³/mol. The van der Waals surface area contributed by atoms with Gasteiger partial charge in [-0.3, -0.25) is 19.8 Å². The van der Waals surface area contributed by atoms with Crippen LogP contribution in [-0.2, 0) is 18.5 Å². The number of halogens is 9. The Hall–Kier alpha value is -4.48. The molecule has 3 rings (SSSR count). The van der Waals surface area contributed by atoms with Crippen molar-refractivity contribution in [1.82, 2.24) is 15.7 Å². The maximum absolute atomic E-state index is 13.6. The second kappa shape index (κ2) is 11.6. The minimum Gasteiger partial charge on any atom is -0.273 e. The number of nitrogens with one attached hydrogen (secondary N) is 2. The van der Waals surface area contributed by atoms with Gasteiger partial charge < -0.3 is 0 Å². The van der Waals surface area contributed by atoms with Crippen molar-refractivity contribution in [3.05, 3.63) is 81.4 Å². The zero-order valence-electron chi connectivity index (χ0n) is 20.1. The molecule has 41 heavy (non-hydrogen) atoms. The highest BCUT2D eigenvalue weighted by Crippen LogP contribution is 2.37. The number of urea groups is 1. The number of amides is 4. The Labute approximate surface area is 227 Å². The molecule has 1 aromatic heterocycles. The molecular weight excluding hydrogens is 597 g/mol. The molecule has 1 heterocycles. The second-order valence-electron chi connectivity index (χ2n) is 7.85. The molecule has 8 nitrogen and oxygen atoms in total. The van der Waals surface area contributed by atoms with Crippen LogP contribution in [0, 0.1) is 0 Å². The van der Waals surface area contributed by atoms with E-state index in [-0.39, 0.29) is 16.9 Å². The van der Waals surface area contributed by atoms with Gasteiger partial charge in [0.05, 0.1) is 17.3 Å². The highest BCUT2D eigenvalue weighted by molar-refractivity contribution is 7.17. The Balaban J connectivity index is 1.78. The van der Waals surface area contributed by atoms with Crippen LogP contribution >= 0.6 is 11.3 Å². The van der Waals surface area contributed by atoms with Gasteiger partial charge in [-0.2, -0.15) is 44.6 Å². The van der Waals surface area contributed by atoms with E-state index in [0.29, 0.717) is 23.2 Å². The van der Waals surface area contributed by atoms with E-state index < -0.39 is 68.8 Å². The molecule has 0 atom stereocenters. The minimum atomic E-state index is -5.22. The van der Waals surface area contributed by atoms with Gasteiger partial charge in [0.15, 0.2) is 10.8 Å². The zero-order chi connectivity index (χ0) is 30.8. The van der Waals surface area contributed by atoms with E-state index in [9.17, 15) is 53.9 Å². The molecule has 0 aliphatic rings. The molecule has 0 unspecified atom stereocenters. The quantitative estimate of drug-likeness (QED) is 0.212. The van der Waals surface area contributed by atoms with Crippen LogP contribution in [0.5, 0.6) is 0 Å². The van der Waals surface area contributed by atoms with Crippen molar-refractivity contribution >= 4 is 40.5 Å². The fourth-order valence-electron chi connectivity index (χ4n) is 3.03. The largest absolute Gasteiger partial charge is 0.435 e. The minimum absolute atomic E-state index is 0.0439. The monoisotopic (exact) mass is 611 g/mol. The van der Waals surface area contributed by atoms with Gasteiger partial charge in [0, 0.05) is 18.2 Å². The van der Waals surface area contributed by atoms with Crippen molar-refractivity contribution in [3.8, 4) is 0 Å². The smallest absolute Gasteiger partial charge is 0.273 e. The number of benzene rings is 2. The molecule has 2 aromatic carbocycles. The van der Waals surface area contributed by atoms with Gasteiger partial charge in [-0.1, -0.05) is 29.5 Å². The lowest BCUT2D eigenvalue weighted by molar-refractivity contribution is -0.141. The number of nitrogens with zero attached hydrogens (tertiary/aromatic N) is 3. The number of hydrogen-bond donors (Lipinski definition) is 2. The van der Waals surface area contributed by atoms with Crippen LogP contribution in [0.4, 0.5) is 49.4 Å². The number of anilines is 1. The average molecular weight is 611 g/mol. The summed E-state index contributed by atoms with van der Waals surface area (Å²) in [7, 11) is 0.891. The lowest BCUT2D eigenvalue weighted by atomic mass is 10.1. The van der Waals surface area contributed by atoms with E-state index in [1.165, 1.54) is 6.07 Å². The summed E-state index contributed by atoms with van der Waals surface area (Å²) in [5.41, 5.74) is -3.14. The lowest BCUT2D eigenvalue weighted by Gasteiger charge is -2.14. The highest BCUT2D eigenvalue weighted by atomic mass is 32.1. The molecule has 2 N–H and O–H groups in total. The SMILES string of the molecule is CN(C(=O)NC(=O)c1ccc(C(F)(F)F)cc1)c1nc(C(F)(F)F)c(C(=O)N/N=C/c2ccccc2C(F)(F)F)s1. The first-order chi connectivity index (χ1) is 18.9. The first kappa shape index (κ1) is 31.1. The van der Waals surface area contributed by atoms with E-state index in [1.807, 2.05) is 0 Å². The Kier molecular flexibility index (Phi) is 8.75. The van der Waals surface area contributed by atoms with Crippen LogP contribution in [0.2, 0.25) is 0 Å². The van der Waals surface area contributed by atoms with Crippen LogP contribution in [0.3, 0.4) is 0 Å². The third-order valence-corrected chi connectivity index (χ3v) is 6.14. The van der Waals surface area contributed by atoms with Crippen molar-refractivity contribution in [3.63, 3.8) is 0 Å². The fourth-order valence-corrected chi connectivity index (χ4v) is 3.96. The van der Waals surface area contributed by atoms with Crippen molar-refractivity contribution in [2.24, 2.45) is 5.10 Å². The Morgan fingerprint density at radius 2 is 1.46 bits per heavy atom. The van der Waals surface area contributed by atoms with Gasteiger partial charge in [0.25, 0.3) is 11.8 Å². The molecule has 218 valence electrons. The molecule has 0 saturated heterocycles. The topological polar surface area (TPSA) is 104 Å². The van der Waals surface area contributed by atoms with E-state index in [1.54, 1.807) is 10.7 Å². The van der Waals surface area contributed by atoms with Crippen LogP contribution < -0.4 is 15.6 Å². The molecule has 0 fully saturated rings. The molecule has 18 heteroatoms. The summed E-state index contributed by atoms with van der Waals surface area (Å²) in [5.74, 6) is -2.70. The van der Waals surface area contributed by atoms with Gasteiger partial charge in [-0.25, -0.2) is 15.2 Å². The summed E-state index contributed by atoms with van der Waals surface area (Å²) in [6.07, 6.45) is -14.1. The Morgan fingerprint density at radius 1 is 0.854 bits per heavy atom. The predicted octanol–water partition coefficient (Wildman–Crippen LogP) is 5.95. The van der Waals surface area contributed by atoms with E-state index >= 15 is 0 Å². The van der Waals surface area contributed by atoms with Crippen molar-refractivity contribution in [1.29, 1.82) is 0 Å². The first-order valence-electron chi connectivity index (χ1n) is 10.7. The third kappa shape index (κ3) is 7.59. The van der Waals surface area contributed by atoms with Gasteiger partial charge in [0.2, 0.25) is 0 Å². The molecule has 3 aromatic rings. The van der Waals surface area contributed by atoms with Crippen LogP contribution in [0.25, 0.3) is 0 Å². The maximum Gasteiger partial charge on any atom is 0.435 e. The fraction of sp³-hybridized carbons (Fsp3) is 0.174. The van der Waals surface area contributed by atoms with Crippen molar-refractivity contribution in [2.45, 2.75) is 18.5 Å². The number of imide groups is 1. The summed E-state index contributed by atoms with van der Waals surface area (Å²) < 4.78 is 118. The number of carbonyl (C=O) groups excluding carboxylic acids is 3. The van der Waals surface area contributed by atoms with E-state index in [0.717, 1.165) is 37.4 Å². The number of thiazole rings is 1. The number of hydrazone groups is 1. The first-order valence-corrected chi connectivity index (χ1v) is 11.5. The van der Waals surface area contributed by atoms with E-state index in [4.69, 9.17) is 0 Å². The molecule has 4 amide bonds. The van der Waals surface area contributed by atoms with Crippen molar-refractivity contribution in [2.75, 3.05) is 11.9 Å².